The molecule has 4 nitrogen and oxygen atoms in total. The van der Waals surface area contributed by atoms with Crippen LogP contribution >= 0.6 is 0 Å². The van der Waals surface area contributed by atoms with Crippen LogP contribution in [0.1, 0.15) is 46.1 Å². The molecule has 1 saturated carbocycles. The van der Waals surface area contributed by atoms with Crippen LogP contribution in [0, 0.1) is 0 Å². The van der Waals surface area contributed by atoms with Crippen molar-refractivity contribution in [2.24, 2.45) is 0 Å². The molecule has 15 heavy (non-hydrogen) atoms. The van der Waals surface area contributed by atoms with E-state index in [2.05, 4.69) is 10.3 Å². The predicted molar refractivity (Wildman–Crippen MR) is 55.1 cm³/mol. The van der Waals surface area contributed by atoms with Gasteiger partial charge >= 0.3 is 5.97 Å². The second-order valence-electron chi connectivity index (χ2n) is 4.38. The molecule has 4 heteroatoms. The number of H-pyrrole nitrogens is 1. The average Bonchev–Trinajstić information content (AvgIpc) is 2.98. The van der Waals surface area contributed by atoms with Crippen molar-refractivity contribution in [1.82, 2.24) is 10.3 Å². The van der Waals surface area contributed by atoms with Crippen molar-refractivity contribution in [3.05, 3.63) is 22.5 Å². The Balaban J connectivity index is 2.13. The fraction of sp³-hybridized carbons (Fsp3) is 0.545. The SMILES string of the molecule is O=C(O)c1c(C2CC2)[nH]c2c1CNCC2. The van der Waals surface area contributed by atoms with E-state index < -0.39 is 5.97 Å². The molecule has 1 aliphatic carbocycles. The van der Waals surface area contributed by atoms with E-state index in [1.165, 1.54) is 0 Å². The molecule has 0 aromatic carbocycles. The molecule has 80 valence electrons. The topological polar surface area (TPSA) is 65.1 Å². The lowest BCUT2D eigenvalue weighted by atomic mass is 10.0. The first-order valence-corrected chi connectivity index (χ1v) is 5.45. The zero-order valence-corrected chi connectivity index (χ0v) is 8.47. The number of hydrogen-bond acceptors (Lipinski definition) is 2. The van der Waals surface area contributed by atoms with E-state index in [1.807, 2.05) is 0 Å². The molecule has 1 aromatic rings. The molecule has 1 fully saturated rings. The van der Waals surface area contributed by atoms with Crippen molar-refractivity contribution in [3.63, 3.8) is 0 Å². The number of hydrogen-bond donors (Lipinski definition) is 3. The molecule has 0 bridgehead atoms. The fourth-order valence-corrected chi connectivity index (χ4v) is 2.37. The number of aromatic amines is 1. The molecule has 0 unspecified atom stereocenters. The summed E-state index contributed by atoms with van der Waals surface area (Å²) >= 11 is 0. The highest BCUT2D eigenvalue weighted by Gasteiger charge is 2.33. The molecule has 2 heterocycles. The van der Waals surface area contributed by atoms with Crippen LogP contribution < -0.4 is 5.32 Å². The second kappa shape index (κ2) is 3.10. The Hall–Kier alpha value is -1.29. The number of aromatic nitrogens is 1. The molecule has 0 amide bonds. The summed E-state index contributed by atoms with van der Waals surface area (Å²) < 4.78 is 0. The smallest absolute Gasteiger partial charge is 0.337 e. The monoisotopic (exact) mass is 206 g/mol. The van der Waals surface area contributed by atoms with Gasteiger partial charge in [-0.25, -0.2) is 4.79 Å². The number of fused-ring (bicyclic) bond motifs is 1. The van der Waals surface area contributed by atoms with E-state index in [9.17, 15) is 9.90 Å². The maximum atomic E-state index is 11.2. The molecule has 1 aromatic heterocycles. The second-order valence-corrected chi connectivity index (χ2v) is 4.38. The van der Waals surface area contributed by atoms with Gasteiger partial charge < -0.3 is 15.4 Å². The van der Waals surface area contributed by atoms with Crippen LogP contribution in [0.15, 0.2) is 0 Å². The average molecular weight is 206 g/mol. The third kappa shape index (κ3) is 1.36. The number of aromatic carboxylic acids is 1. The number of nitrogens with one attached hydrogen (secondary N) is 2. The lowest BCUT2D eigenvalue weighted by Crippen LogP contribution is -2.24. The zero-order valence-electron chi connectivity index (χ0n) is 8.47. The van der Waals surface area contributed by atoms with Gasteiger partial charge in [0.2, 0.25) is 0 Å². The maximum Gasteiger partial charge on any atom is 0.337 e. The minimum atomic E-state index is -0.780. The summed E-state index contributed by atoms with van der Waals surface area (Å²) in [6.07, 6.45) is 3.18. The normalized spacial score (nSPS) is 20.0. The molecular weight excluding hydrogens is 192 g/mol. The molecular formula is C11H14N2O2. The largest absolute Gasteiger partial charge is 0.478 e. The Bertz CT molecular complexity index is 418. The summed E-state index contributed by atoms with van der Waals surface area (Å²) in [5.74, 6) is -0.306. The number of carboxylic acid groups (broad SMARTS) is 1. The molecule has 1 aliphatic heterocycles. The first-order chi connectivity index (χ1) is 7.27. The fourth-order valence-electron chi connectivity index (χ4n) is 2.37. The minimum Gasteiger partial charge on any atom is -0.478 e. The van der Waals surface area contributed by atoms with Crippen molar-refractivity contribution < 1.29 is 9.90 Å². The third-order valence-corrected chi connectivity index (χ3v) is 3.27. The van der Waals surface area contributed by atoms with Crippen LogP contribution in [-0.2, 0) is 13.0 Å². The molecule has 2 aliphatic rings. The van der Waals surface area contributed by atoms with Crippen LogP contribution in [0.2, 0.25) is 0 Å². The lowest BCUT2D eigenvalue weighted by Gasteiger charge is -2.12. The van der Waals surface area contributed by atoms with Gasteiger partial charge in [0.25, 0.3) is 0 Å². The Morgan fingerprint density at radius 3 is 2.87 bits per heavy atom. The van der Waals surface area contributed by atoms with Gasteiger partial charge in [-0.3, -0.25) is 0 Å². The van der Waals surface area contributed by atoms with Crippen LogP contribution in [0.25, 0.3) is 0 Å². The number of carbonyl (C=O) groups is 1. The van der Waals surface area contributed by atoms with Gasteiger partial charge in [0.05, 0.1) is 5.56 Å². The van der Waals surface area contributed by atoms with Gasteiger partial charge in [-0.2, -0.15) is 0 Å². The highest BCUT2D eigenvalue weighted by Crippen LogP contribution is 2.42. The van der Waals surface area contributed by atoms with Crippen molar-refractivity contribution in [2.45, 2.75) is 31.7 Å². The van der Waals surface area contributed by atoms with Gasteiger partial charge in [0.15, 0.2) is 0 Å². The molecule has 3 N–H and O–H groups in total. The van der Waals surface area contributed by atoms with Crippen molar-refractivity contribution in [1.29, 1.82) is 0 Å². The van der Waals surface area contributed by atoms with Gasteiger partial charge in [0.1, 0.15) is 0 Å². The summed E-state index contributed by atoms with van der Waals surface area (Å²) in [5.41, 5.74) is 3.62. The molecule has 0 spiro atoms. The Morgan fingerprint density at radius 1 is 1.40 bits per heavy atom. The quantitative estimate of drug-likeness (QED) is 0.682. The number of carboxylic acids is 1. The van der Waals surface area contributed by atoms with Gasteiger partial charge in [-0.15, -0.1) is 0 Å². The first-order valence-electron chi connectivity index (χ1n) is 5.45. The summed E-state index contributed by atoms with van der Waals surface area (Å²) in [4.78, 5) is 14.6. The van der Waals surface area contributed by atoms with E-state index in [1.54, 1.807) is 0 Å². The van der Waals surface area contributed by atoms with E-state index in [0.29, 0.717) is 18.0 Å². The van der Waals surface area contributed by atoms with E-state index >= 15 is 0 Å². The Kier molecular flexibility index (Phi) is 1.85. The summed E-state index contributed by atoms with van der Waals surface area (Å²) in [6, 6.07) is 0. The molecule has 0 saturated heterocycles. The van der Waals surface area contributed by atoms with E-state index in [-0.39, 0.29) is 0 Å². The van der Waals surface area contributed by atoms with Gasteiger partial charge in [-0.05, 0) is 18.8 Å². The van der Waals surface area contributed by atoms with Crippen LogP contribution in [0.3, 0.4) is 0 Å². The van der Waals surface area contributed by atoms with Gasteiger partial charge in [0, 0.05) is 36.5 Å². The summed E-state index contributed by atoms with van der Waals surface area (Å²) in [6.45, 7) is 1.64. The van der Waals surface area contributed by atoms with Gasteiger partial charge in [-0.1, -0.05) is 0 Å². The Labute approximate surface area is 87.7 Å². The first kappa shape index (κ1) is 8.97. The van der Waals surface area contributed by atoms with Crippen molar-refractivity contribution in [3.8, 4) is 0 Å². The van der Waals surface area contributed by atoms with E-state index in [4.69, 9.17) is 0 Å². The molecule has 3 rings (SSSR count). The highest BCUT2D eigenvalue weighted by atomic mass is 16.4. The van der Waals surface area contributed by atoms with E-state index in [0.717, 1.165) is 42.8 Å². The van der Waals surface area contributed by atoms with Crippen LogP contribution in [0.4, 0.5) is 0 Å². The minimum absolute atomic E-state index is 0.474. The number of rotatable bonds is 2. The maximum absolute atomic E-state index is 11.2. The van der Waals surface area contributed by atoms with Crippen LogP contribution in [0.5, 0.6) is 0 Å². The Morgan fingerprint density at radius 2 is 2.20 bits per heavy atom. The molecule has 0 atom stereocenters. The van der Waals surface area contributed by atoms with Crippen LogP contribution in [-0.4, -0.2) is 22.6 Å². The standard InChI is InChI=1S/C11H14N2O2/c14-11(15)9-7-5-12-4-3-8(7)13-10(9)6-1-2-6/h6,12-13H,1-5H2,(H,14,15). The summed E-state index contributed by atoms with van der Waals surface area (Å²) in [7, 11) is 0. The molecule has 0 radical (unpaired) electrons. The lowest BCUT2D eigenvalue weighted by molar-refractivity contribution is 0.0694. The third-order valence-electron chi connectivity index (χ3n) is 3.27. The summed E-state index contributed by atoms with van der Waals surface area (Å²) in [5, 5.41) is 12.5. The predicted octanol–water partition coefficient (Wildman–Crippen LogP) is 1.24. The zero-order chi connectivity index (χ0) is 10.4. The highest BCUT2D eigenvalue weighted by molar-refractivity contribution is 5.92. The van der Waals surface area contributed by atoms with Crippen molar-refractivity contribution >= 4 is 5.97 Å². The van der Waals surface area contributed by atoms with Crippen molar-refractivity contribution in [2.75, 3.05) is 6.54 Å².